The second-order valence-electron chi connectivity index (χ2n) is 7.33. The normalized spacial score (nSPS) is 15.1. The van der Waals surface area contributed by atoms with E-state index in [1.807, 2.05) is 6.92 Å². The van der Waals surface area contributed by atoms with Gasteiger partial charge >= 0.3 is 0 Å². The van der Waals surface area contributed by atoms with Gasteiger partial charge in [0.2, 0.25) is 0 Å². The van der Waals surface area contributed by atoms with Crippen LogP contribution in [0, 0.1) is 12.7 Å². The molecule has 30 heavy (non-hydrogen) atoms. The van der Waals surface area contributed by atoms with Gasteiger partial charge in [-0.2, -0.15) is 10.1 Å². The standard InChI is InChI=1S/C21H20FN5O2S/c1-13-18-19(27(25-13)16-6-4-14(22)5-7-16)24-21(30-18)26-10-8-15(9-11-26)23-20(28)17-3-2-12-29-17/h2-7,12,15H,8-11H2,1H3,(H,23,28). The molecule has 7 nitrogen and oxygen atoms in total. The van der Waals surface area contributed by atoms with Crippen LogP contribution in [0.3, 0.4) is 0 Å². The van der Waals surface area contributed by atoms with E-state index in [9.17, 15) is 9.18 Å². The van der Waals surface area contributed by atoms with E-state index in [1.54, 1.807) is 40.3 Å². The third-order valence-corrected chi connectivity index (χ3v) is 6.51. The number of aryl methyl sites for hydroxylation is 1. The monoisotopic (exact) mass is 425 g/mol. The average Bonchev–Trinajstić information content (AvgIpc) is 3.48. The smallest absolute Gasteiger partial charge is 0.287 e. The molecular weight excluding hydrogens is 405 g/mol. The third-order valence-electron chi connectivity index (χ3n) is 5.29. The van der Waals surface area contributed by atoms with E-state index >= 15 is 0 Å². The van der Waals surface area contributed by atoms with Gasteiger partial charge in [0, 0.05) is 19.1 Å². The largest absolute Gasteiger partial charge is 0.459 e. The van der Waals surface area contributed by atoms with E-state index in [1.165, 1.54) is 18.4 Å². The maximum absolute atomic E-state index is 13.3. The molecule has 0 radical (unpaired) electrons. The summed E-state index contributed by atoms with van der Waals surface area (Å²) in [6, 6.07) is 9.74. The van der Waals surface area contributed by atoms with E-state index in [-0.39, 0.29) is 17.8 Å². The number of carbonyl (C=O) groups is 1. The van der Waals surface area contributed by atoms with Crippen LogP contribution >= 0.6 is 11.3 Å². The highest BCUT2D eigenvalue weighted by Gasteiger charge is 2.25. The van der Waals surface area contributed by atoms with Gasteiger partial charge in [0.15, 0.2) is 16.5 Å². The van der Waals surface area contributed by atoms with Gasteiger partial charge in [0.05, 0.1) is 22.3 Å². The molecule has 1 N–H and O–H groups in total. The van der Waals surface area contributed by atoms with Gasteiger partial charge in [0.1, 0.15) is 5.82 Å². The second-order valence-corrected chi connectivity index (χ2v) is 8.31. The van der Waals surface area contributed by atoms with E-state index in [0.29, 0.717) is 5.76 Å². The van der Waals surface area contributed by atoms with Crippen LogP contribution in [-0.2, 0) is 0 Å². The van der Waals surface area contributed by atoms with Crippen molar-refractivity contribution in [3.8, 4) is 5.69 Å². The molecule has 1 amide bonds. The van der Waals surface area contributed by atoms with Crippen LogP contribution in [0.5, 0.6) is 0 Å². The van der Waals surface area contributed by atoms with E-state index in [0.717, 1.165) is 52.8 Å². The zero-order valence-electron chi connectivity index (χ0n) is 16.3. The van der Waals surface area contributed by atoms with Gasteiger partial charge in [0.25, 0.3) is 5.91 Å². The lowest BCUT2D eigenvalue weighted by Gasteiger charge is -2.31. The fraction of sp³-hybridized carbons (Fsp3) is 0.286. The summed E-state index contributed by atoms with van der Waals surface area (Å²) in [5.41, 5.74) is 2.47. The lowest BCUT2D eigenvalue weighted by atomic mass is 10.1. The van der Waals surface area contributed by atoms with Gasteiger partial charge in [-0.05, 0) is 56.2 Å². The first-order valence-electron chi connectivity index (χ1n) is 9.80. The van der Waals surface area contributed by atoms with Crippen LogP contribution in [0.25, 0.3) is 16.0 Å². The SMILES string of the molecule is Cc1nn(-c2ccc(F)cc2)c2nc(N3CCC(NC(=O)c4ccco4)CC3)sc12. The fourth-order valence-corrected chi connectivity index (χ4v) is 4.74. The topological polar surface area (TPSA) is 76.2 Å². The maximum atomic E-state index is 13.3. The quantitative estimate of drug-likeness (QED) is 0.536. The Labute approximate surface area is 176 Å². The van der Waals surface area contributed by atoms with Gasteiger partial charge in [-0.3, -0.25) is 4.79 Å². The van der Waals surface area contributed by atoms with Crippen LogP contribution in [-0.4, -0.2) is 39.8 Å². The molecule has 0 aliphatic carbocycles. The number of amides is 1. The number of fused-ring (bicyclic) bond motifs is 1. The molecule has 0 bridgehead atoms. The molecule has 0 atom stereocenters. The van der Waals surface area contributed by atoms with Crippen LogP contribution in [0.1, 0.15) is 29.1 Å². The molecule has 3 aromatic heterocycles. The lowest BCUT2D eigenvalue weighted by molar-refractivity contribution is 0.0903. The second kappa shape index (κ2) is 7.56. The minimum Gasteiger partial charge on any atom is -0.459 e. The Bertz CT molecular complexity index is 1170. The Morgan fingerprint density at radius 1 is 1.23 bits per heavy atom. The van der Waals surface area contributed by atoms with Gasteiger partial charge in [-0.1, -0.05) is 11.3 Å². The first-order chi connectivity index (χ1) is 14.6. The zero-order valence-corrected chi connectivity index (χ0v) is 17.2. The predicted octanol–water partition coefficient (Wildman–Crippen LogP) is 3.92. The molecule has 0 unspecified atom stereocenters. The van der Waals surface area contributed by atoms with Crippen molar-refractivity contribution >= 4 is 32.7 Å². The molecule has 1 aliphatic heterocycles. The molecular formula is C21H20FN5O2S. The van der Waals surface area contributed by atoms with Crippen molar-refractivity contribution in [3.05, 3.63) is 59.9 Å². The molecule has 4 heterocycles. The van der Waals surface area contributed by atoms with Crippen molar-refractivity contribution in [1.29, 1.82) is 0 Å². The third kappa shape index (κ3) is 3.45. The molecule has 0 spiro atoms. The summed E-state index contributed by atoms with van der Waals surface area (Å²) >= 11 is 1.62. The van der Waals surface area contributed by atoms with E-state index < -0.39 is 0 Å². The Morgan fingerprint density at radius 2 is 2.00 bits per heavy atom. The van der Waals surface area contributed by atoms with Crippen molar-refractivity contribution < 1.29 is 13.6 Å². The highest BCUT2D eigenvalue weighted by Crippen LogP contribution is 2.33. The number of nitrogens with zero attached hydrogens (tertiary/aromatic N) is 4. The summed E-state index contributed by atoms with van der Waals surface area (Å²) in [6.45, 7) is 3.57. The van der Waals surface area contributed by atoms with Gasteiger partial charge in [-0.25, -0.2) is 9.07 Å². The number of benzene rings is 1. The summed E-state index contributed by atoms with van der Waals surface area (Å²) in [6.07, 6.45) is 3.18. The first kappa shape index (κ1) is 18.8. The minimum atomic E-state index is -0.278. The maximum Gasteiger partial charge on any atom is 0.287 e. The van der Waals surface area contributed by atoms with Crippen LogP contribution in [0.4, 0.5) is 9.52 Å². The predicted molar refractivity (Wildman–Crippen MR) is 113 cm³/mol. The Hall–Kier alpha value is -3.20. The van der Waals surface area contributed by atoms with Crippen LogP contribution in [0.2, 0.25) is 0 Å². The fourth-order valence-electron chi connectivity index (χ4n) is 3.70. The molecule has 1 fully saturated rings. The van der Waals surface area contributed by atoms with E-state index in [2.05, 4.69) is 15.3 Å². The number of carbonyl (C=O) groups excluding carboxylic acids is 1. The van der Waals surface area contributed by atoms with Crippen molar-refractivity contribution in [2.24, 2.45) is 0 Å². The van der Waals surface area contributed by atoms with Gasteiger partial charge < -0.3 is 14.6 Å². The van der Waals surface area contributed by atoms with Crippen LogP contribution < -0.4 is 10.2 Å². The van der Waals surface area contributed by atoms with Gasteiger partial charge in [-0.15, -0.1) is 0 Å². The van der Waals surface area contributed by atoms with E-state index in [4.69, 9.17) is 9.40 Å². The number of anilines is 1. The molecule has 5 rings (SSSR count). The number of hydrogen-bond acceptors (Lipinski definition) is 6. The zero-order chi connectivity index (χ0) is 20.7. The summed E-state index contributed by atoms with van der Waals surface area (Å²) in [5.74, 6) is -0.113. The first-order valence-corrected chi connectivity index (χ1v) is 10.6. The summed E-state index contributed by atoms with van der Waals surface area (Å²) in [7, 11) is 0. The molecule has 154 valence electrons. The van der Waals surface area contributed by atoms with Crippen molar-refractivity contribution in [3.63, 3.8) is 0 Å². The number of furan rings is 1. The highest BCUT2D eigenvalue weighted by molar-refractivity contribution is 7.22. The molecule has 0 saturated carbocycles. The lowest BCUT2D eigenvalue weighted by Crippen LogP contribution is -2.44. The van der Waals surface area contributed by atoms with Crippen molar-refractivity contribution in [2.75, 3.05) is 18.0 Å². The minimum absolute atomic E-state index is 0.115. The number of rotatable bonds is 4. The Kier molecular flexibility index (Phi) is 4.74. The molecule has 1 saturated heterocycles. The highest BCUT2D eigenvalue weighted by atomic mass is 32.1. The molecule has 1 aromatic carbocycles. The number of halogens is 1. The average molecular weight is 425 g/mol. The summed E-state index contributed by atoms with van der Waals surface area (Å²) in [4.78, 5) is 19.3. The van der Waals surface area contributed by atoms with Crippen molar-refractivity contribution in [2.45, 2.75) is 25.8 Å². The Morgan fingerprint density at radius 3 is 2.70 bits per heavy atom. The molecule has 9 heteroatoms. The number of nitrogens with one attached hydrogen (secondary N) is 1. The number of piperidine rings is 1. The summed E-state index contributed by atoms with van der Waals surface area (Å²) < 4.78 is 21.2. The van der Waals surface area contributed by atoms with Crippen molar-refractivity contribution in [1.82, 2.24) is 20.1 Å². The molecule has 1 aliphatic rings. The van der Waals surface area contributed by atoms with Crippen LogP contribution in [0.15, 0.2) is 47.1 Å². The summed E-state index contributed by atoms with van der Waals surface area (Å²) in [5, 5.41) is 8.55. The Balaban J connectivity index is 1.31. The molecule has 4 aromatic rings. The number of hydrogen-bond donors (Lipinski definition) is 1. The number of thiazole rings is 1. The number of aromatic nitrogens is 3.